The van der Waals surface area contributed by atoms with E-state index in [1.54, 1.807) is 0 Å². The Balaban J connectivity index is 2.11. The van der Waals surface area contributed by atoms with Crippen molar-refractivity contribution in [2.45, 2.75) is 30.8 Å². The number of carbonyl (C=O) groups excluding carboxylic acids is 1. The molecule has 26 heavy (non-hydrogen) atoms. The van der Waals surface area contributed by atoms with E-state index in [2.05, 4.69) is 10.0 Å². The van der Waals surface area contributed by atoms with Crippen molar-refractivity contribution in [2.24, 2.45) is 0 Å². The van der Waals surface area contributed by atoms with Gasteiger partial charge in [0.05, 0.1) is 19.2 Å². The number of carbonyl (C=O) groups is 1. The highest BCUT2D eigenvalue weighted by Crippen LogP contribution is 2.27. The van der Waals surface area contributed by atoms with Crippen molar-refractivity contribution >= 4 is 27.5 Å². The molecule has 2 rings (SSSR count). The van der Waals surface area contributed by atoms with Gasteiger partial charge < -0.3 is 10.1 Å². The third-order valence-corrected chi connectivity index (χ3v) is 5.60. The molecule has 0 aliphatic carbocycles. The highest BCUT2D eigenvalue weighted by molar-refractivity contribution is 7.89. The molecule has 2 N–H and O–H groups in total. The van der Waals surface area contributed by atoms with E-state index in [4.69, 9.17) is 16.3 Å². The molecule has 0 spiro atoms. The Morgan fingerprint density at radius 2 is 1.77 bits per heavy atom. The van der Waals surface area contributed by atoms with Gasteiger partial charge in [0.25, 0.3) is 0 Å². The Labute approximate surface area is 158 Å². The van der Waals surface area contributed by atoms with Crippen LogP contribution in [0.15, 0.2) is 53.4 Å². The van der Waals surface area contributed by atoms with E-state index < -0.39 is 22.0 Å². The fourth-order valence-electron chi connectivity index (χ4n) is 2.37. The fraction of sp³-hybridized carbons (Fsp3) is 0.278. The molecule has 1 amide bonds. The predicted molar refractivity (Wildman–Crippen MR) is 101 cm³/mol. The quantitative estimate of drug-likeness (QED) is 0.753. The molecule has 0 fully saturated rings. The fourth-order valence-corrected chi connectivity index (χ4v) is 4.01. The lowest BCUT2D eigenvalue weighted by atomic mass is 10.1. The Bertz CT molecular complexity index is 872. The van der Waals surface area contributed by atoms with Crippen molar-refractivity contribution in [3.63, 3.8) is 0 Å². The lowest BCUT2D eigenvalue weighted by Gasteiger charge is -2.19. The minimum atomic E-state index is -3.99. The molecule has 8 heteroatoms. The number of nitrogens with one attached hydrogen (secondary N) is 2. The number of amides is 1. The minimum Gasteiger partial charge on any atom is -0.495 e. The van der Waals surface area contributed by atoms with Crippen LogP contribution in [0.4, 0.5) is 0 Å². The van der Waals surface area contributed by atoms with Gasteiger partial charge >= 0.3 is 0 Å². The number of hydrogen-bond donors (Lipinski definition) is 2. The summed E-state index contributed by atoms with van der Waals surface area (Å²) in [5.74, 6) is -0.293. The molecular weight excluding hydrogens is 376 g/mol. The van der Waals surface area contributed by atoms with Gasteiger partial charge in [0.1, 0.15) is 10.6 Å². The first kappa shape index (κ1) is 20.2. The molecule has 0 radical (unpaired) electrons. The summed E-state index contributed by atoms with van der Waals surface area (Å²) in [5, 5.41) is 3.04. The summed E-state index contributed by atoms with van der Waals surface area (Å²) in [6, 6.07) is 12.4. The van der Waals surface area contributed by atoms with Gasteiger partial charge in [-0.15, -0.1) is 0 Å². The number of rotatable bonds is 7. The highest BCUT2D eigenvalue weighted by Gasteiger charge is 2.26. The van der Waals surface area contributed by atoms with Crippen LogP contribution in [0.1, 0.15) is 25.5 Å². The van der Waals surface area contributed by atoms with Crippen LogP contribution < -0.4 is 14.8 Å². The van der Waals surface area contributed by atoms with Crippen molar-refractivity contribution in [3.8, 4) is 5.75 Å². The summed E-state index contributed by atoms with van der Waals surface area (Å²) in [7, 11) is -2.63. The van der Waals surface area contributed by atoms with Crippen LogP contribution in [0.2, 0.25) is 5.02 Å². The number of ether oxygens (including phenoxy) is 1. The van der Waals surface area contributed by atoms with Gasteiger partial charge in [-0.2, -0.15) is 4.72 Å². The van der Waals surface area contributed by atoms with Crippen LogP contribution in [0, 0.1) is 0 Å². The van der Waals surface area contributed by atoms with Crippen molar-refractivity contribution in [1.29, 1.82) is 0 Å². The second kappa shape index (κ2) is 8.53. The Hall–Kier alpha value is -2.09. The largest absolute Gasteiger partial charge is 0.495 e. The standard InChI is InChI=1S/C18H21ClN2O4S/c1-12(14-7-5-4-6-8-14)20-18(22)13(2)21-26(23,24)17-11-15(19)9-10-16(17)25-3/h4-13,21H,1-3H3,(H,20,22)/t12-,13-/m1/s1. The minimum absolute atomic E-state index is 0.122. The Morgan fingerprint density at radius 1 is 1.12 bits per heavy atom. The summed E-state index contributed by atoms with van der Waals surface area (Å²) in [6.45, 7) is 3.30. The zero-order valence-corrected chi connectivity index (χ0v) is 16.3. The number of methoxy groups -OCH3 is 1. The average Bonchev–Trinajstić information content (AvgIpc) is 2.62. The molecule has 140 valence electrons. The van der Waals surface area contributed by atoms with Crippen LogP contribution in [-0.4, -0.2) is 27.5 Å². The molecule has 0 aliphatic heterocycles. The van der Waals surface area contributed by atoms with E-state index in [-0.39, 0.29) is 21.7 Å². The third kappa shape index (κ3) is 4.97. The first-order valence-electron chi connectivity index (χ1n) is 7.96. The first-order chi connectivity index (χ1) is 12.2. The molecule has 6 nitrogen and oxygen atoms in total. The molecule has 2 atom stereocenters. The molecule has 2 aromatic rings. The van der Waals surface area contributed by atoms with E-state index >= 15 is 0 Å². The number of hydrogen-bond acceptors (Lipinski definition) is 4. The second-order valence-electron chi connectivity index (χ2n) is 5.78. The zero-order valence-electron chi connectivity index (χ0n) is 14.7. The number of sulfonamides is 1. The highest BCUT2D eigenvalue weighted by atomic mass is 35.5. The molecule has 0 aromatic heterocycles. The van der Waals surface area contributed by atoms with Gasteiger partial charge in [0.15, 0.2) is 0 Å². The molecule has 0 heterocycles. The van der Waals surface area contributed by atoms with Crippen LogP contribution in [0.25, 0.3) is 0 Å². The molecule has 2 aromatic carbocycles. The van der Waals surface area contributed by atoms with E-state index in [0.29, 0.717) is 0 Å². The van der Waals surface area contributed by atoms with Crippen LogP contribution >= 0.6 is 11.6 Å². The van der Waals surface area contributed by atoms with Gasteiger partial charge in [-0.05, 0) is 37.6 Å². The lowest BCUT2D eigenvalue weighted by Crippen LogP contribution is -2.45. The topological polar surface area (TPSA) is 84.5 Å². The Kier molecular flexibility index (Phi) is 6.63. The summed E-state index contributed by atoms with van der Waals surface area (Å²) < 4.78 is 32.6. The third-order valence-electron chi connectivity index (χ3n) is 3.80. The van der Waals surface area contributed by atoms with E-state index in [1.807, 2.05) is 37.3 Å². The number of halogens is 1. The molecule has 0 saturated carbocycles. The van der Waals surface area contributed by atoms with Crippen LogP contribution in [-0.2, 0) is 14.8 Å². The SMILES string of the molecule is COc1ccc(Cl)cc1S(=O)(=O)N[C@H](C)C(=O)N[C@H](C)c1ccccc1. The van der Waals surface area contributed by atoms with Crippen molar-refractivity contribution in [3.05, 3.63) is 59.1 Å². The average molecular weight is 397 g/mol. The maximum absolute atomic E-state index is 12.6. The first-order valence-corrected chi connectivity index (χ1v) is 9.82. The maximum Gasteiger partial charge on any atom is 0.245 e. The molecular formula is C18H21ClN2O4S. The molecule has 0 saturated heterocycles. The van der Waals surface area contributed by atoms with Crippen molar-refractivity contribution in [2.75, 3.05) is 7.11 Å². The van der Waals surface area contributed by atoms with Crippen molar-refractivity contribution < 1.29 is 17.9 Å². The lowest BCUT2D eigenvalue weighted by molar-refractivity contribution is -0.123. The summed E-state index contributed by atoms with van der Waals surface area (Å²) in [4.78, 5) is 12.2. The maximum atomic E-state index is 12.6. The zero-order chi connectivity index (χ0) is 19.3. The van der Waals surface area contributed by atoms with E-state index in [0.717, 1.165) is 5.56 Å². The Morgan fingerprint density at radius 3 is 2.38 bits per heavy atom. The predicted octanol–water partition coefficient (Wildman–Crippen LogP) is 2.89. The van der Waals surface area contributed by atoms with Gasteiger partial charge in [-0.25, -0.2) is 8.42 Å². The summed E-state index contributed by atoms with van der Waals surface area (Å²) >= 11 is 5.89. The molecule has 0 bridgehead atoms. The van der Waals surface area contributed by atoms with Crippen molar-refractivity contribution in [1.82, 2.24) is 10.0 Å². The summed E-state index contributed by atoms with van der Waals surface area (Å²) in [5.41, 5.74) is 0.924. The number of benzene rings is 2. The van der Waals surface area contributed by atoms with Gasteiger partial charge in [-0.3, -0.25) is 4.79 Å². The van der Waals surface area contributed by atoms with E-state index in [1.165, 1.54) is 32.2 Å². The van der Waals surface area contributed by atoms with Gasteiger partial charge in [0.2, 0.25) is 15.9 Å². The summed E-state index contributed by atoms with van der Waals surface area (Å²) in [6.07, 6.45) is 0. The molecule has 0 unspecified atom stereocenters. The normalized spacial score (nSPS) is 13.7. The molecule has 0 aliphatic rings. The van der Waals surface area contributed by atoms with E-state index in [9.17, 15) is 13.2 Å². The van der Waals surface area contributed by atoms with Crippen LogP contribution in [0.5, 0.6) is 5.75 Å². The van der Waals surface area contributed by atoms with Crippen LogP contribution in [0.3, 0.4) is 0 Å². The smallest absolute Gasteiger partial charge is 0.245 e. The second-order valence-corrected chi connectivity index (χ2v) is 7.90. The monoisotopic (exact) mass is 396 g/mol. The van der Waals surface area contributed by atoms with Gasteiger partial charge in [0, 0.05) is 5.02 Å². The van der Waals surface area contributed by atoms with Gasteiger partial charge in [-0.1, -0.05) is 41.9 Å².